The first-order valence-corrected chi connectivity index (χ1v) is 8.40. The Balaban J connectivity index is 2.48. The van der Waals surface area contributed by atoms with Crippen molar-refractivity contribution in [1.82, 2.24) is 0 Å². The quantitative estimate of drug-likeness (QED) is 0.919. The van der Waals surface area contributed by atoms with Gasteiger partial charge in [0.1, 0.15) is 10.7 Å². The second-order valence-corrected chi connectivity index (χ2v) is 7.17. The maximum Gasteiger partial charge on any atom is 0.185 e. The first-order valence-electron chi connectivity index (χ1n) is 5.99. The molecule has 2 rings (SSSR count). The molecule has 0 atom stereocenters. The lowest BCUT2D eigenvalue weighted by molar-refractivity contribution is 0.594. The molecule has 3 nitrogen and oxygen atoms in total. The van der Waals surface area contributed by atoms with E-state index in [1.54, 1.807) is 6.07 Å². The summed E-state index contributed by atoms with van der Waals surface area (Å²) in [6, 6.07) is 8.29. The van der Waals surface area contributed by atoms with Gasteiger partial charge in [-0.1, -0.05) is 35.3 Å². The molecule has 2 aromatic rings. The van der Waals surface area contributed by atoms with Gasteiger partial charge in [0.05, 0.1) is 15.8 Å². The number of hydrogen-bond acceptors (Lipinski definition) is 3. The highest BCUT2D eigenvalue weighted by atomic mass is 35.5. The van der Waals surface area contributed by atoms with Crippen molar-refractivity contribution in [3.05, 3.63) is 63.4 Å². The van der Waals surface area contributed by atoms with E-state index in [1.165, 1.54) is 30.3 Å². The van der Waals surface area contributed by atoms with E-state index in [2.05, 4.69) is 0 Å². The molecule has 0 saturated heterocycles. The van der Waals surface area contributed by atoms with E-state index in [9.17, 15) is 12.8 Å². The zero-order valence-corrected chi connectivity index (χ0v) is 13.1. The van der Waals surface area contributed by atoms with E-state index in [0.717, 1.165) is 0 Å². The molecule has 7 heteroatoms. The zero-order chi connectivity index (χ0) is 15.6. The van der Waals surface area contributed by atoms with Gasteiger partial charge in [-0.2, -0.15) is 0 Å². The minimum Gasteiger partial charge on any atom is -0.326 e. The van der Waals surface area contributed by atoms with Gasteiger partial charge >= 0.3 is 0 Å². The molecule has 0 unspecified atom stereocenters. The highest BCUT2D eigenvalue weighted by Crippen LogP contribution is 2.31. The van der Waals surface area contributed by atoms with Gasteiger partial charge in [-0.05, 0) is 35.4 Å². The van der Waals surface area contributed by atoms with Crippen LogP contribution in [0.1, 0.15) is 11.1 Å². The molecule has 0 aliphatic carbocycles. The Morgan fingerprint density at radius 2 is 1.67 bits per heavy atom. The monoisotopic (exact) mass is 347 g/mol. The molecule has 2 aromatic carbocycles. The Labute approximate surface area is 132 Å². The average Bonchev–Trinajstić information content (AvgIpc) is 2.40. The van der Waals surface area contributed by atoms with Gasteiger partial charge in [0, 0.05) is 6.54 Å². The molecule has 0 aliphatic heterocycles. The van der Waals surface area contributed by atoms with Gasteiger partial charge in [0.2, 0.25) is 0 Å². The lowest BCUT2D eigenvalue weighted by atomic mass is 10.1. The Bertz CT molecular complexity index is 758. The van der Waals surface area contributed by atoms with Crippen LogP contribution in [0.4, 0.5) is 4.39 Å². The van der Waals surface area contributed by atoms with Crippen LogP contribution in [0, 0.1) is 5.82 Å². The fourth-order valence-electron chi connectivity index (χ4n) is 1.98. The minimum atomic E-state index is -3.76. The van der Waals surface area contributed by atoms with Crippen LogP contribution in [-0.4, -0.2) is 8.42 Å². The topological polar surface area (TPSA) is 60.2 Å². The van der Waals surface area contributed by atoms with Crippen LogP contribution in [0.3, 0.4) is 0 Å². The van der Waals surface area contributed by atoms with E-state index < -0.39 is 15.7 Å². The van der Waals surface area contributed by atoms with Crippen LogP contribution in [-0.2, 0) is 22.1 Å². The predicted molar refractivity (Wildman–Crippen MR) is 81.6 cm³/mol. The van der Waals surface area contributed by atoms with Crippen molar-refractivity contribution in [2.75, 3.05) is 0 Å². The number of nitrogens with two attached hydrogens (primary N) is 1. The highest BCUT2D eigenvalue weighted by Gasteiger charge is 2.23. The summed E-state index contributed by atoms with van der Waals surface area (Å²) in [4.78, 5) is -0.124. The summed E-state index contributed by atoms with van der Waals surface area (Å²) in [7, 11) is -3.76. The molecule has 0 aromatic heterocycles. The number of sulfone groups is 1. The SMILES string of the molecule is NCc1cc(F)ccc1CS(=O)(=O)c1c(Cl)cccc1Cl. The summed E-state index contributed by atoms with van der Waals surface area (Å²) >= 11 is 11.9. The second kappa shape index (κ2) is 6.32. The summed E-state index contributed by atoms with van der Waals surface area (Å²) in [5.41, 5.74) is 6.38. The molecule has 0 aliphatic rings. The highest BCUT2D eigenvalue weighted by molar-refractivity contribution is 7.90. The summed E-state index contributed by atoms with van der Waals surface area (Å²) in [5.74, 6) is -0.809. The van der Waals surface area contributed by atoms with Gasteiger partial charge in [0.15, 0.2) is 9.84 Å². The van der Waals surface area contributed by atoms with Crippen molar-refractivity contribution in [3.63, 3.8) is 0 Å². The van der Waals surface area contributed by atoms with Gasteiger partial charge in [-0.25, -0.2) is 12.8 Å². The van der Waals surface area contributed by atoms with Gasteiger partial charge in [0.25, 0.3) is 0 Å². The molecule has 0 radical (unpaired) electrons. The first-order chi connectivity index (χ1) is 9.85. The second-order valence-electron chi connectivity index (χ2n) is 4.43. The van der Waals surface area contributed by atoms with Crippen LogP contribution in [0.2, 0.25) is 10.0 Å². The third kappa shape index (κ3) is 3.55. The molecule has 0 fully saturated rings. The van der Waals surface area contributed by atoms with E-state index in [0.29, 0.717) is 11.1 Å². The summed E-state index contributed by atoms with van der Waals surface area (Å²) in [5, 5.41) is 0.109. The van der Waals surface area contributed by atoms with Crippen LogP contribution in [0.25, 0.3) is 0 Å². The van der Waals surface area contributed by atoms with Crippen LogP contribution < -0.4 is 5.73 Å². The lowest BCUT2D eigenvalue weighted by Crippen LogP contribution is -2.10. The minimum absolute atomic E-state index is 0.0405. The number of rotatable bonds is 4. The Kier molecular flexibility index (Phi) is 4.88. The van der Waals surface area contributed by atoms with Crippen molar-refractivity contribution in [1.29, 1.82) is 0 Å². The predicted octanol–water partition coefficient (Wildman–Crippen LogP) is 3.57. The van der Waals surface area contributed by atoms with Crippen molar-refractivity contribution < 1.29 is 12.8 Å². The number of hydrogen-bond donors (Lipinski definition) is 1. The molecule has 0 spiro atoms. The Morgan fingerprint density at radius 3 is 2.24 bits per heavy atom. The summed E-state index contributed by atoms with van der Waals surface area (Å²) < 4.78 is 38.2. The third-order valence-electron chi connectivity index (χ3n) is 2.96. The number of benzene rings is 2. The average molecular weight is 348 g/mol. The number of halogens is 3. The molecule has 0 saturated carbocycles. The van der Waals surface area contributed by atoms with Crippen molar-refractivity contribution in [3.8, 4) is 0 Å². The van der Waals surface area contributed by atoms with E-state index in [1.807, 2.05) is 0 Å². The largest absolute Gasteiger partial charge is 0.326 e. The Hall–Kier alpha value is -1.14. The molecule has 21 heavy (non-hydrogen) atoms. The van der Waals surface area contributed by atoms with Crippen molar-refractivity contribution in [2.24, 2.45) is 5.73 Å². The van der Waals surface area contributed by atoms with Crippen LogP contribution in [0.15, 0.2) is 41.3 Å². The molecule has 2 N–H and O–H groups in total. The fourth-order valence-corrected chi connectivity index (χ4v) is 4.65. The first kappa shape index (κ1) is 16.2. The maximum absolute atomic E-state index is 13.2. The standard InChI is InChI=1S/C14H12Cl2FNO2S/c15-12-2-1-3-13(16)14(12)21(19,20)8-9-4-5-11(17)6-10(9)7-18/h1-6H,7-8,18H2. The Morgan fingerprint density at radius 1 is 1.05 bits per heavy atom. The summed E-state index contributed by atoms with van der Waals surface area (Å²) in [6.45, 7) is 0.0405. The van der Waals surface area contributed by atoms with Crippen molar-refractivity contribution in [2.45, 2.75) is 17.2 Å². The van der Waals surface area contributed by atoms with Gasteiger partial charge < -0.3 is 5.73 Å². The molecule has 112 valence electrons. The molecular formula is C14H12Cl2FNO2S. The molecular weight excluding hydrogens is 336 g/mol. The van der Waals surface area contributed by atoms with E-state index in [-0.39, 0.29) is 27.2 Å². The molecule has 0 bridgehead atoms. The fraction of sp³-hybridized carbons (Fsp3) is 0.143. The smallest absolute Gasteiger partial charge is 0.185 e. The summed E-state index contributed by atoms with van der Waals surface area (Å²) in [6.07, 6.45) is 0. The van der Waals surface area contributed by atoms with Crippen molar-refractivity contribution >= 4 is 33.0 Å². The van der Waals surface area contributed by atoms with Gasteiger partial charge in [-0.3, -0.25) is 0 Å². The molecule has 0 amide bonds. The van der Waals surface area contributed by atoms with Gasteiger partial charge in [-0.15, -0.1) is 0 Å². The zero-order valence-electron chi connectivity index (χ0n) is 10.8. The third-order valence-corrected chi connectivity index (χ3v) is 5.57. The maximum atomic E-state index is 13.2. The van der Waals surface area contributed by atoms with Crippen LogP contribution in [0.5, 0.6) is 0 Å². The van der Waals surface area contributed by atoms with E-state index in [4.69, 9.17) is 28.9 Å². The molecule has 0 heterocycles. The lowest BCUT2D eigenvalue weighted by Gasteiger charge is -2.11. The van der Waals surface area contributed by atoms with E-state index >= 15 is 0 Å². The normalized spacial score (nSPS) is 11.6. The van der Waals surface area contributed by atoms with Crippen LogP contribution >= 0.6 is 23.2 Å².